The van der Waals surface area contributed by atoms with Crippen LogP contribution in [0.15, 0.2) is 17.1 Å². The Morgan fingerprint density at radius 2 is 2.46 bits per heavy atom. The van der Waals surface area contributed by atoms with Gasteiger partial charge in [-0.05, 0) is 13.8 Å². The molecule has 0 saturated carbocycles. The molecule has 0 fully saturated rings. The first-order valence-electron chi connectivity index (χ1n) is 4.37. The topological polar surface area (TPSA) is 38.7 Å². The molecule has 0 aromatic heterocycles. The predicted octanol–water partition coefficient (Wildman–Crippen LogP) is 0.899. The van der Waals surface area contributed by atoms with Gasteiger partial charge >= 0.3 is 5.97 Å². The fourth-order valence-electron chi connectivity index (χ4n) is 1.11. The Labute approximate surface area is 78.1 Å². The summed E-state index contributed by atoms with van der Waals surface area (Å²) in [6.07, 6.45) is 1.68. The average Bonchev–Trinajstić information content (AvgIpc) is 2.54. The predicted molar refractivity (Wildman–Crippen MR) is 49.9 cm³/mol. The van der Waals surface area contributed by atoms with E-state index in [0.29, 0.717) is 12.1 Å². The zero-order valence-corrected chi connectivity index (χ0v) is 8.12. The number of quaternary nitrogens is 1. The van der Waals surface area contributed by atoms with E-state index in [1.165, 1.54) is 0 Å². The van der Waals surface area contributed by atoms with Gasteiger partial charge < -0.3 is 0 Å². The smallest absolute Gasteiger partial charge is 0.265 e. The highest BCUT2D eigenvalue weighted by atomic mass is 16.7. The molecule has 0 amide bonds. The van der Waals surface area contributed by atoms with Gasteiger partial charge in [-0.2, -0.15) is 0 Å². The van der Waals surface area contributed by atoms with Gasteiger partial charge in [-0.3, -0.25) is 4.84 Å². The Hall–Kier alpha value is -1.16. The van der Waals surface area contributed by atoms with E-state index in [9.17, 15) is 4.79 Å². The third-order valence-electron chi connectivity index (χ3n) is 2.05. The number of carbonyl (C=O) groups is 1. The van der Waals surface area contributed by atoms with Crippen molar-refractivity contribution < 1.29 is 14.3 Å². The van der Waals surface area contributed by atoms with Crippen LogP contribution in [-0.2, 0) is 9.63 Å². The molecule has 0 saturated heterocycles. The van der Waals surface area contributed by atoms with Crippen molar-refractivity contribution in [2.45, 2.75) is 13.8 Å². The molecule has 0 bridgehead atoms. The molecule has 13 heavy (non-hydrogen) atoms. The van der Waals surface area contributed by atoms with Gasteiger partial charge in [0.1, 0.15) is 13.1 Å². The summed E-state index contributed by atoms with van der Waals surface area (Å²) < 4.78 is 0.200. The molecule has 0 aromatic rings. The molecule has 0 spiro atoms. The van der Waals surface area contributed by atoms with Crippen molar-refractivity contribution in [3.05, 3.63) is 12.2 Å². The average molecular weight is 183 g/mol. The number of hydroxylamine groups is 3. The van der Waals surface area contributed by atoms with Gasteiger partial charge in [0.25, 0.3) is 0 Å². The van der Waals surface area contributed by atoms with Gasteiger partial charge in [0.15, 0.2) is 0 Å². The van der Waals surface area contributed by atoms with E-state index in [1.807, 2.05) is 6.92 Å². The van der Waals surface area contributed by atoms with Crippen LogP contribution < -0.4 is 0 Å². The first-order valence-corrected chi connectivity index (χ1v) is 4.37. The minimum absolute atomic E-state index is 0.200. The lowest BCUT2D eigenvalue weighted by Crippen LogP contribution is -2.46. The summed E-state index contributed by atoms with van der Waals surface area (Å²) in [4.78, 5) is 20.6. The quantitative estimate of drug-likeness (QED) is 0.481. The molecule has 1 rings (SSSR count). The van der Waals surface area contributed by atoms with E-state index < -0.39 is 0 Å². The maximum Gasteiger partial charge on any atom is 0.393 e. The van der Waals surface area contributed by atoms with Gasteiger partial charge in [0.2, 0.25) is 6.34 Å². The number of likely N-dealkylation sites (N-methyl/N-ethyl adjacent to an activating group) is 1. The van der Waals surface area contributed by atoms with Crippen molar-refractivity contribution in [3.63, 3.8) is 0 Å². The van der Waals surface area contributed by atoms with Gasteiger partial charge in [0, 0.05) is 5.57 Å². The van der Waals surface area contributed by atoms with Gasteiger partial charge in [0.05, 0.1) is 6.54 Å². The van der Waals surface area contributed by atoms with Gasteiger partial charge in [-0.1, -0.05) is 11.2 Å². The molecule has 1 aliphatic rings. The van der Waals surface area contributed by atoms with Crippen LogP contribution in [0.25, 0.3) is 0 Å². The Morgan fingerprint density at radius 3 is 2.85 bits per heavy atom. The van der Waals surface area contributed by atoms with E-state index in [1.54, 1.807) is 13.3 Å². The van der Waals surface area contributed by atoms with Crippen LogP contribution in [0.4, 0.5) is 0 Å². The largest absolute Gasteiger partial charge is 0.393 e. The molecule has 0 radical (unpaired) electrons. The summed E-state index contributed by atoms with van der Waals surface area (Å²) in [5.74, 6) is -0.352. The first kappa shape index (κ1) is 9.92. The fraction of sp³-hybridized carbons (Fsp3) is 0.556. The van der Waals surface area contributed by atoms with Crippen molar-refractivity contribution in [2.24, 2.45) is 4.99 Å². The van der Waals surface area contributed by atoms with E-state index in [4.69, 9.17) is 4.84 Å². The number of hydrogen-bond donors (Lipinski definition) is 0. The molecule has 72 valence electrons. The zero-order valence-electron chi connectivity index (χ0n) is 8.12. The van der Waals surface area contributed by atoms with Crippen LogP contribution in [-0.4, -0.2) is 36.6 Å². The maximum atomic E-state index is 11.3. The molecule has 1 aliphatic heterocycles. The minimum atomic E-state index is -0.352. The number of hydrogen-bond acceptors (Lipinski definition) is 3. The van der Waals surface area contributed by atoms with Crippen molar-refractivity contribution in [2.75, 3.05) is 19.6 Å². The maximum absolute atomic E-state index is 11.3. The molecule has 1 heterocycles. The summed E-state index contributed by atoms with van der Waals surface area (Å²) in [5.41, 5.74) is 0.422. The highest BCUT2D eigenvalue weighted by Gasteiger charge is 2.33. The number of carbonyl (C=O) groups excluding carboxylic acids is 1. The molecule has 1 atom stereocenters. The Balaban J connectivity index is 2.64. The summed E-state index contributed by atoms with van der Waals surface area (Å²) in [7, 11) is 0. The van der Waals surface area contributed by atoms with E-state index in [2.05, 4.69) is 11.6 Å². The van der Waals surface area contributed by atoms with Crippen LogP contribution in [0.1, 0.15) is 13.8 Å². The van der Waals surface area contributed by atoms with Crippen LogP contribution in [0.2, 0.25) is 0 Å². The normalized spacial score (nSPS) is 26.0. The van der Waals surface area contributed by atoms with Crippen LogP contribution in [0.3, 0.4) is 0 Å². The lowest BCUT2D eigenvalue weighted by atomic mass is 10.4. The van der Waals surface area contributed by atoms with Crippen molar-refractivity contribution in [1.29, 1.82) is 0 Å². The monoisotopic (exact) mass is 183 g/mol. The number of aliphatic imine (C=N–C) groups is 1. The number of rotatable bonds is 3. The summed E-state index contributed by atoms with van der Waals surface area (Å²) in [6.45, 7) is 9.30. The highest BCUT2D eigenvalue weighted by molar-refractivity contribution is 5.86. The second-order valence-corrected chi connectivity index (χ2v) is 3.17. The van der Waals surface area contributed by atoms with E-state index >= 15 is 0 Å². The third kappa shape index (κ3) is 2.15. The van der Waals surface area contributed by atoms with Crippen molar-refractivity contribution >= 4 is 12.3 Å². The standard InChI is InChI=1S/C9H15N2O2/c1-4-11(6-5-10-7-11)13-9(12)8(2)3/h7H,2,4-6H2,1,3H3/q+1. The van der Waals surface area contributed by atoms with E-state index in [0.717, 1.165) is 13.1 Å². The van der Waals surface area contributed by atoms with Crippen molar-refractivity contribution in [3.8, 4) is 0 Å². The molecule has 0 aromatic carbocycles. The van der Waals surface area contributed by atoms with Crippen LogP contribution in [0, 0.1) is 0 Å². The molecule has 0 N–H and O–H groups in total. The second kappa shape index (κ2) is 3.70. The third-order valence-corrected chi connectivity index (χ3v) is 2.05. The summed E-state index contributed by atoms with van der Waals surface area (Å²) in [6, 6.07) is 0. The Kier molecular flexibility index (Phi) is 2.83. The SMILES string of the molecule is C=C(C)C(=O)O[N+]1(CC)C=NCC1. The van der Waals surface area contributed by atoms with Gasteiger partial charge in [-0.15, -0.1) is 0 Å². The molecule has 4 nitrogen and oxygen atoms in total. The first-order chi connectivity index (χ1) is 6.09. The Bertz CT molecular complexity index is 260. The zero-order chi connectivity index (χ0) is 9.90. The molecule has 4 heteroatoms. The lowest BCUT2D eigenvalue weighted by molar-refractivity contribution is -1.01. The molecular weight excluding hydrogens is 168 g/mol. The van der Waals surface area contributed by atoms with Crippen LogP contribution >= 0.6 is 0 Å². The van der Waals surface area contributed by atoms with Crippen molar-refractivity contribution in [1.82, 2.24) is 0 Å². The van der Waals surface area contributed by atoms with E-state index in [-0.39, 0.29) is 10.6 Å². The highest BCUT2D eigenvalue weighted by Crippen LogP contribution is 2.11. The minimum Gasteiger partial charge on any atom is -0.265 e. The lowest BCUT2D eigenvalue weighted by Gasteiger charge is -2.24. The molecular formula is C9H15N2O2+. The van der Waals surface area contributed by atoms with Gasteiger partial charge in [-0.25, -0.2) is 9.79 Å². The fourth-order valence-corrected chi connectivity index (χ4v) is 1.11. The summed E-state index contributed by atoms with van der Waals surface area (Å²) in [5, 5.41) is 0. The Morgan fingerprint density at radius 1 is 1.77 bits per heavy atom. The van der Waals surface area contributed by atoms with Crippen LogP contribution in [0.5, 0.6) is 0 Å². The molecule has 1 unspecified atom stereocenters. The summed E-state index contributed by atoms with van der Waals surface area (Å²) >= 11 is 0. The molecule has 0 aliphatic carbocycles. The number of nitrogens with zero attached hydrogens (tertiary/aromatic N) is 2. The second-order valence-electron chi connectivity index (χ2n) is 3.17.